The Kier molecular flexibility index (Phi) is 4.04. The number of hydrogen-bond donors (Lipinski definition) is 3. The minimum Gasteiger partial charge on any atom is -0.393 e. The standard InChI is InChI=1S/C12H17NO3/c1-9-5-3-4-6-10(9)11(15)13-7-12(2,16)8-14/h3-6,14,16H,7-8H2,1-2H3,(H,13,15). The zero-order valence-electron chi connectivity index (χ0n) is 9.53. The Morgan fingerprint density at radius 1 is 1.44 bits per heavy atom. The number of carbonyl (C=O) groups excluding carboxylic acids is 1. The molecule has 1 atom stereocenters. The Morgan fingerprint density at radius 2 is 2.06 bits per heavy atom. The predicted octanol–water partition coefficient (Wildman–Crippen LogP) is 0.468. The van der Waals surface area contributed by atoms with Crippen molar-refractivity contribution < 1.29 is 15.0 Å². The maximum atomic E-state index is 11.7. The summed E-state index contributed by atoms with van der Waals surface area (Å²) in [5.74, 6) is -0.244. The number of hydrogen-bond acceptors (Lipinski definition) is 3. The minimum atomic E-state index is -1.28. The van der Waals surface area contributed by atoms with Crippen molar-refractivity contribution in [2.75, 3.05) is 13.2 Å². The normalized spacial score (nSPS) is 14.2. The highest BCUT2D eigenvalue weighted by Crippen LogP contribution is 2.07. The van der Waals surface area contributed by atoms with Gasteiger partial charge < -0.3 is 15.5 Å². The first-order valence-corrected chi connectivity index (χ1v) is 5.13. The summed E-state index contributed by atoms with van der Waals surface area (Å²) < 4.78 is 0. The Hall–Kier alpha value is -1.39. The fraction of sp³-hybridized carbons (Fsp3) is 0.417. The molecular formula is C12H17NO3. The van der Waals surface area contributed by atoms with Gasteiger partial charge in [0.05, 0.1) is 6.61 Å². The van der Waals surface area contributed by atoms with E-state index in [1.54, 1.807) is 12.1 Å². The van der Waals surface area contributed by atoms with Crippen molar-refractivity contribution in [3.63, 3.8) is 0 Å². The van der Waals surface area contributed by atoms with Crippen molar-refractivity contribution in [3.8, 4) is 0 Å². The quantitative estimate of drug-likeness (QED) is 0.695. The Labute approximate surface area is 94.9 Å². The number of aryl methyl sites for hydroxylation is 1. The molecule has 0 aromatic heterocycles. The lowest BCUT2D eigenvalue weighted by Gasteiger charge is -2.20. The fourth-order valence-electron chi connectivity index (χ4n) is 1.25. The molecule has 1 unspecified atom stereocenters. The SMILES string of the molecule is Cc1ccccc1C(=O)NCC(C)(O)CO. The van der Waals surface area contributed by atoms with Crippen LogP contribution in [0, 0.1) is 6.92 Å². The second kappa shape index (κ2) is 5.09. The molecule has 0 aliphatic carbocycles. The molecule has 1 aromatic rings. The first-order valence-electron chi connectivity index (χ1n) is 5.13. The lowest BCUT2D eigenvalue weighted by atomic mass is 10.1. The third kappa shape index (κ3) is 3.32. The molecule has 0 aliphatic rings. The van der Waals surface area contributed by atoms with Crippen molar-refractivity contribution in [1.29, 1.82) is 0 Å². The number of aliphatic hydroxyl groups excluding tert-OH is 1. The van der Waals surface area contributed by atoms with Crippen LogP contribution in [0.5, 0.6) is 0 Å². The van der Waals surface area contributed by atoms with Crippen LogP contribution in [0.1, 0.15) is 22.8 Å². The summed E-state index contributed by atoms with van der Waals surface area (Å²) in [6.45, 7) is 2.95. The van der Waals surface area contributed by atoms with Gasteiger partial charge in [-0.25, -0.2) is 0 Å². The Balaban J connectivity index is 2.64. The molecule has 1 aromatic carbocycles. The molecule has 0 bridgehead atoms. The third-order valence-corrected chi connectivity index (χ3v) is 2.36. The summed E-state index contributed by atoms with van der Waals surface area (Å²) in [5.41, 5.74) is 0.179. The van der Waals surface area contributed by atoms with E-state index >= 15 is 0 Å². The molecule has 4 nitrogen and oxygen atoms in total. The highest BCUT2D eigenvalue weighted by molar-refractivity contribution is 5.95. The van der Waals surface area contributed by atoms with Crippen molar-refractivity contribution in [3.05, 3.63) is 35.4 Å². The average molecular weight is 223 g/mol. The average Bonchev–Trinajstić information content (AvgIpc) is 2.27. The second-order valence-electron chi connectivity index (χ2n) is 4.15. The largest absolute Gasteiger partial charge is 0.393 e. The zero-order chi connectivity index (χ0) is 12.2. The van der Waals surface area contributed by atoms with Gasteiger partial charge in [0.2, 0.25) is 0 Å². The Bertz CT molecular complexity index is 374. The van der Waals surface area contributed by atoms with Crippen LogP contribution in [0.25, 0.3) is 0 Å². The van der Waals surface area contributed by atoms with Crippen molar-refractivity contribution in [2.24, 2.45) is 0 Å². The van der Waals surface area contributed by atoms with Crippen LogP contribution < -0.4 is 5.32 Å². The van der Waals surface area contributed by atoms with Gasteiger partial charge in [-0.15, -0.1) is 0 Å². The number of rotatable bonds is 4. The van der Waals surface area contributed by atoms with E-state index in [4.69, 9.17) is 5.11 Å². The molecule has 3 N–H and O–H groups in total. The molecule has 0 saturated heterocycles. The van der Waals surface area contributed by atoms with Gasteiger partial charge in [-0.2, -0.15) is 0 Å². The minimum absolute atomic E-state index is 0.0245. The highest BCUT2D eigenvalue weighted by atomic mass is 16.3. The number of nitrogens with one attached hydrogen (secondary N) is 1. The highest BCUT2D eigenvalue weighted by Gasteiger charge is 2.20. The molecule has 4 heteroatoms. The fourth-order valence-corrected chi connectivity index (χ4v) is 1.25. The topological polar surface area (TPSA) is 69.6 Å². The van der Waals surface area contributed by atoms with Crippen LogP contribution >= 0.6 is 0 Å². The van der Waals surface area contributed by atoms with E-state index in [-0.39, 0.29) is 19.1 Å². The second-order valence-corrected chi connectivity index (χ2v) is 4.15. The maximum absolute atomic E-state index is 11.7. The maximum Gasteiger partial charge on any atom is 0.251 e. The van der Waals surface area contributed by atoms with Gasteiger partial charge in [0.25, 0.3) is 5.91 Å². The zero-order valence-corrected chi connectivity index (χ0v) is 9.53. The van der Waals surface area contributed by atoms with Crippen LogP contribution in [-0.2, 0) is 0 Å². The number of amides is 1. The van der Waals surface area contributed by atoms with E-state index < -0.39 is 5.60 Å². The molecule has 0 fully saturated rings. The lowest BCUT2D eigenvalue weighted by Crippen LogP contribution is -2.43. The van der Waals surface area contributed by atoms with Crippen LogP contribution in [0.15, 0.2) is 24.3 Å². The van der Waals surface area contributed by atoms with E-state index in [1.165, 1.54) is 6.92 Å². The van der Waals surface area contributed by atoms with E-state index in [1.807, 2.05) is 19.1 Å². The number of aliphatic hydroxyl groups is 2. The molecule has 88 valence electrons. The van der Waals surface area contributed by atoms with Crippen molar-refractivity contribution >= 4 is 5.91 Å². The summed E-state index contributed by atoms with van der Waals surface area (Å²) in [5, 5.41) is 20.9. The van der Waals surface area contributed by atoms with Crippen LogP contribution in [0.3, 0.4) is 0 Å². The van der Waals surface area contributed by atoms with Crippen molar-refractivity contribution in [1.82, 2.24) is 5.32 Å². The van der Waals surface area contributed by atoms with Crippen LogP contribution in [-0.4, -0.2) is 34.9 Å². The molecule has 0 saturated carbocycles. The number of carbonyl (C=O) groups is 1. The predicted molar refractivity (Wildman–Crippen MR) is 61.2 cm³/mol. The third-order valence-electron chi connectivity index (χ3n) is 2.36. The first kappa shape index (κ1) is 12.7. The molecule has 1 rings (SSSR count). The van der Waals surface area contributed by atoms with Gasteiger partial charge >= 0.3 is 0 Å². The van der Waals surface area contributed by atoms with Crippen LogP contribution in [0.4, 0.5) is 0 Å². The van der Waals surface area contributed by atoms with E-state index in [0.717, 1.165) is 5.56 Å². The molecule has 0 radical (unpaired) electrons. The van der Waals surface area contributed by atoms with Crippen molar-refractivity contribution in [2.45, 2.75) is 19.4 Å². The molecule has 1 amide bonds. The summed E-state index contributed by atoms with van der Waals surface area (Å²) in [4.78, 5) is 11.7. The van der Waals surface area contributed by atoms with Gasteiger partial charge in [0.15, 0.2) is 0 Å². The lowest BCUT2D eigenvalue weighted by molar-refractivity contribution is 0.00319. The molecule has 0 spiro atoms. The van der Waals surface area contributed by atoms with E-state index in [2.05, 4.69) is 5.32 Å². The van der Waals surface area contributed by atoms with Gasteiger partial charge in [-0.05, 0) is 25.5 Å². The Morgan fingerprint density at radius 3 is 2.62 bits per heavy atom. The number of benzene rings is 1. The monoisotopic (exact) mass is 223 g/mol. The molecular weight excluding hydrogens is 206 g/mol. The summed E-state index contributed by atoms with van der Waals surface area (Å²) >= 11 is 0. The van der Waals surface area contributed by atoms with Crippen LogP contribution in [0.2, 0.25) is 0 Å². The molecule has 0 heterocycles. The summed E-state index contributed by atoms with van der Waals surface area (Å²) in [7, 11) is 0. The summed E-state index contributed by atoms with van der Waals surface area (Å²) in [6, 6.07) is 7.21. The molecule has 0 aliphatic heterocycles. The van der Waals surface area contributed by atoms with Gasteiger partial charge in [0.1, 0.15) is 5.60 Å². The molecule has 16 heavy (non-hydrogen) atoms. The van der Waals surface area contributed by atoms with Gasteiger partial charge in [-0.3, -0.25) is 4.79 Å². The van der Waals surface area contributed by atoms with E-state index in [9.17, 15) is 9.90 Å². The van der Waals surface area contributed by atoms with Gasteiger partial charge in [-0.1, -0.05) is 18.2 Å². The van der Waals surface area contributed by atoms with E-state index in [0.29, 0.717) is 5.56 Å². The first-order chi connectivity index (χ1) is 7.46. The smallest absolute Gasteiger partial charge is 0.251 e. The summed E-state index contributed by atoms with van der Waals surface area (Å²) in [6.07, 6.45) is 0. The van der Waals surface area contributed by atoms with Gasteiger partial charge in [0, 0.05) is 12.1 Å².